The van der Waals surface area contributed by atoms with Crippen molar-refractivity contribution in [3.63, 3.8) is 0 Å². The fraction of sp³-hybridized carbons (Fsp3) is 0.417. The maximum Gasteiger partial charge on any atom is 0.238 e. The number of benzene rings is 1. The van der Waals surface area contributed by atoms with Crippen LogP contribution >= 0.6 is 0 Å². The lowest BCUT2D eigenvalue weighted by Crippen LogP contribution is -2.37. The van der Waals surface area contributed by atoms with Crippen LogP contribution < -0.4 is 5.43 Å². The summed E-state index contributed by atoms with van der Waals surface area (Å²) in [5, 5.41) is 1.66. The Kier molecular flexibility index (Phi) is 3.86. The Morgan fingerprint density at radius 2 is 2.00 bits per heavy atom. The zero-order valence-electron chi connectivity index (χ0n) is 9.79. The van der Waals surface area contributed by atoms with E-state index >= 15 is 0 Å². The molecule has 0 spiro atoms. The van der Waals surface area contributed by atoms with Crippen LogP contribution in [0.4, 0.5) is 0 Å². The molecule has 0 bridgehead atoms. The number of nitrogens with one attached hydrogen (secondary N) is 1. The number of aryl methyl sites for hydroxylation is 2. The molecular formula is C12H18N2O. The second kappa shape index (κ2) is 4.94. The first-order valence-electron chi connectivity index (χ1n) is 5.02. The molecule has 1 rings (SSSR count). The van der Waals surface area contributed by atoms with E-state index in [0.29, 0.717) is 6.42 Å². The van der Waals surface area contributed by atoms with Gasteiger partial charge in [-0.2, -0.15) is 0 Å². The first-order valence-corrected chi connectivity index (χ1v) is 5.02. The summed E-state index contributed by atoms with van der Waals surface area (Å²) in [4.78, 5) is 11.5. The van der Waals surface area contributed by atoms with Gasteiger partial charge in [0.25, 0.3) is 0 Å². The molecule has 0 saturated heterocycles. The monoisotopic (exact) mass is 206 g/mol. The SMILES string of the molecule is Cc1ccc(C)c(CC(=O)NN(C)C)c1. The van der Waals surface area contributed by atoms with Gasteiger partial charge in [-0.25, -0.2) is 5.01 Å². The van der Waals surface area contributed by atoms with Gasteiger partial charge in [-0.15, -0.1) is 0 Å². The molecule has 1 amide bonds. The molecule has 0 saturated carbocycles. The predicted molar refractivity (Wildman–Crippen MR) is 61.4 cm³/mol. The van der Waals surface area contributed by atoms with Gasteiger partial charge in [0.05, 0.1) is 6.42 Å². The maximum absolute atomic E-state index is 11.5. The third-order valence-electron chi connectivity index (χ3n) is 2.20. The van der Waals surface area contributed by atoms with Crippen molar-refractivity contribution < 1.29 is 4.79 Å². The smallest absolute Gasteiger partial charge is 0.238 e. The largest absolute Gasteiger partial charge is 0.289 e. The van der Waals surface area contributed by atoms with Crippen molar-refractivity contribution in [1.29, 1.82) is 0 Å². The van der Waals surface area contributed by atoms with Crippen LogP contribution in [0.2, 0.25) is 0 Å². The Morgan fingerprint density at radius 3 is 2.60 bits per heavy atom. The summed E-state index contributed by atoms with van der Waals surface area (Å²) in [6, 6.07) is 6.17. The van der Waals surface area contributed by atoms with Crippen LogP contribution in [0.3, 0.4) is 0 Å². The Balaban J connectivity index is 2.71. The quantitative estimate of drug-likeness (QED) is 0.759. The molecule has 1 N–H and O–H groups in total. The van der Waals surface area contributed by atoms with Crippen molar-refractivity contribution in [3.05, 3.63) is 34.9 Å². The predicted octanol–water partition coefficient (Wildman–Crippen LogP) is 1.44. The molecule has 0 fully saturated rings. The lowest BCUT2D eigenvalue weighted by Gasteiger charge is -2.12. The van der Waals surface area contributed by atoms with Gasteiger partial charge in [-0.05, 0) is 25.0 Å². The number of carbonyl (C=O) groups excluding carboxylic acids is 1. The molecular weight excluding hydrogens is 188 g/mol. The highest BCUT2D eigenvalue weighted by Gasteiger charge is 2.06. The molecule has 1 aromatic carbocycles. The minimum absolute atomic E-state index is 0.0219. The van der Waals surface area contributed by atoms with Crippen molar-refractivity contribution in [2.75, 3.05) is 14.1 Å². The van der Waals surface area contributed by atoms with Gasteiger partial charge in [0, 0.05) is 14.1 Å². The molecule has 3 heteroatoms. The summed E-state index contributed by atoms with van der Waals surface area (Å²) >= 11 is 0. The van der Waals surface area contributed by atoms with E-state index in [2.05, 4.69) is 17.6 Å². The lowest BCUT2D eigenvalue weighted by atomic mass is 10.0. The highest BCUT2D eigenvalue weighted by Crippen LogP contribution is 2.11. The van der Waals surface area contributed by atoms with Gasteiger partial charge >= 0.3 is 0 Å². The van der Waals surface area contributed by atoms with Gasteiger partial charge in [0.1, 0.15) is 0 Å². The number of hydrogen-bond donors (Lipinski definition) is 1. The van der Waals surface area contributed by atoms with E-state index in [9.17, 15) is 4.79 Å². The molecule has 0 aliphatic carbocycles. The standard InChI is InChI=1S/C12H18N2O/c1-9-5-6-10(2)11(7-9)8-12(15)13-14(3)4/h5-7H,8H2,1-4H3,(H,13,15). The molecule has 0 aliphatic rings. The number of nitrogens with zero attached hydrogens (tertiary/aromatic N) is 1. The average molecular weight is 206 g/mol. The third-order valence-corrected chi connectivity index (χ3v) is 2.20. The van der Waals surface area contributed by atoms with Crippen LogP contribution in [0.5, 0.6) is 0 Å². The summed E-state index contributed by atoms with van der Waals surface area (Å²) in [6.45, 7) is 4.06. The summed E-state index contributed by atoms with van der Waals surface area (Å²) in [7, 11) is 3.61. The molecule has 82 valence electrons. The van der Waals surface area contributed by atoms with E-state index in [4.69, 9.17) is 0 Å². The maximum atomic E-state index is 11.5. The lowest BCUT2D eigenvalue weighted by molar-refractivity contribution is -0.124. The van der Waals surface area contributed by atoms with Gasteiger partial charge in [-0.1, -0.05) is 23.8 Å². The first-order chi connectivity index (χ1) is 6.99. The fourth-order valence-electron chi connectivity index (χ4n) is 1.45. The molecule has 1 aromatic rings. The van der Waals surface area contributed by atoms with E-state index in [1.165, 1.54) is 5.56 Å². The number of hydrogen-bond acceptors (Lipinski definition) is 2. The van der Waals surface area contributed by atoms with E-state index < -0.39 is 0 Å². The minimum Gasteiger partial charge on any atom is -0.289 e. The van der Waals surface area contributed by atoms with Crippen molar-refractivity contribution in [3.8, 4) is 0 Å². The van der Waals surface area contributed by atoms with E-state index in [0.717, 1.165) is 11.1 Å². The molecule has 0 radical (unpaired) electrons. The van der Waals surface area contributed by atoms with Crippen LogP contribution in [0.25, 0.3) is 0 Å². The number of amides is 1. The van der Waals surface area contributed by atoms with Gasteiger partial charge in [0.2, 0.25) is 5.91 Å². The zero-order valence-corrected chi connectivity index (χ0v) is 9.79. The van der Waals surface area contributed by atoms with Gasteiger partial charge in [-0.3, -0.25) is 10.2 Å². The third kappa shape index (κ3) is 3.72. The van der Waals surface area contributed by atoms with Crippen LogP contribution in [0, 0.1) is 13.8 Å². The Hall–Kier alpha value is -1.35. The fourth-order valence-corrected chi connectivity index (χ4v) is 1.45. The van der Waals surface area contributed by atoms with Crippen molar-refractivity contribution in [2.24, 2.45) is 0 Å². The average Bonchev–Trinajstić information content (AvgIpc) is 2.10. The Labute approximate surface area is 91.1 Å². The molecule has 0 unspecified atom stereocenters. The van der Waals surface area contributed by atoms with Crippen molar-refractivity contribution >= 4 is 5.91 Å². The van der Waals surface area contributed by atoms with Crippen LogP contribution in [-0.4, -0.2) is 25.0 Å². The minimum atomic E-state index is 0.0219. The van der Waals surface area contributed by atoms with Gasteiger partial charge < -0.3 is 0 Å². The summed E-state index contributed by atoms with van der Waals surface area (Å²) in [5.41, 5.74) is 6.17. The molecule has 0 heterocycles. The summed E-state index contributed by atoms with van der Waals surface area (Å²) < 4.78 is 0. The zero-order chi connectivity index (χ0) is 11.4. The molecule has 15 heavy (non-hydrogen) atoms. The second-order valence-electron chi connectivity index (χ2n) is 4.04. The highest BCUT2D eigenvalue weighted by molar-refractivity contribution is 5.78. The first kappa shape index (κ1) is 11.7. The Morgan fingerprint density at radius 1 is 1.33 bits per heavy atom. The van der Waals surface area contributed by atoms with Crippen LogP contribution in [0.1, 0.15) is 16.7 Å². The molecule has 0 aliphatic heterocycles. The number of rotatable bonds is 3. The second-order valence-corrected chi connectivity index (χ2v) is 4.04. The normalized spacial score (nSPS) is 10.5. The number of carbonyl (C=O) groups is 1. The van der Waals surface area contributed by atoms with E-state index in [1.807, 2.05) is 19.9 Å². The van der Waals surface area contributed by atoms with Gasteiger partial charge in [0.15, 0.2) is 0 Å². The highest BCUT2D eigenvalue weighted by atomic mass is 16.2. The summed E-state index contributed by atoms with van der Waals surface area (Å²) in [6.07, 6.45) is 0.436. The van der Waals surface area contributed by atoms with E-state index in [-0.39, 0.29) is 5.91 Å². The van der Waals surface area contributed by atoms with Crippen molar-refractivity contribution in [2.45, 2.75) is 20.3 Å². The van der Waals surface area contributed by atoms with E-state index in [1.54, 1.807) is 19.1 Å². The van der Waals surface area contributed by atoms with Crippen molar-refractivity contribution in [1.82, 2.24) is 10.4 Å². The molecule has 0 aromatic heterocycles. The molecule has 3 nitrogen and oxygen atoms in total. The number of hydrazine groups is 1. The summed E-state index contributed by atoms with van der Waals surface area (Å²) in [5.74, 6) is 0.0219. The van der Waals surface area contributed by atoms with Crippen LogP contribution in [-0.2, 0) is 11.2 Å². The van der Waals surface area contributed by atoms with Crippen LogP contribution in [0.15, 0.2) is 18.2 Å². The topological polar surface area (TPSA) is 32.3 Å². The Bertz CT molecular complexity index is 359. The molecule has 0 atom stereocenters.